The molecule has 1 aliphatic rings. The predicted molar refractivity (Wildman–Crippen MR) is 97.1 cm³/mol. The molecule has 1 aromatic carbocycles. The van der Waals surface area contributed by atoms with Crippen LogP contribution in [0.5, 0.6) is 5.75 Å². The number of amides is 3. The fourth-order valence-electron chi connectivity index (χ4n) is 2.71. The average Bonchev–Trinajstić information content (AvgIpc) is 3.15. The SMILES string of the molecule is COc1ccc(NC(=O)N2CCC(C(=O)Nc3nccs3)CC2)cc1. The second-order valence-electron chi connectivity index (χ2n) is 5.75. The van der Waals surface area contributed by atoms with Crippen molar-refractivity contribution in [2.24, 2.45) is 5.92 Å². The number of methoxy groups -OCH3 is 1. The Hall–Kier alpha value is -2.61. The first-order valence-corrected chi connectivity index (χ1v) is 8.94. The van der Waals surface area contributed by atoms with Crippen LogP contribution in [0.3, 0.4) is 0 Å². The number of rotatable bonds is 4. The van der Waals surface area contributed by atoms with Crippen molar-refractivity contribution < 1.29 is 14.3 Å². The molecule has 1 aliphatic heterocycles. The molecule has 3 amide bonds. The molecule has 0 spiro atoms. The van der Waals surface area contributed by atoms with Crippen LogP contribution in [0.25, 0.3) is 0 Å². The van der Waals surface area contributed by atoms with E-state index in [1.807, 2.05) is 5.38 Å². The summed E-state index contributed by atoms with van der Waals surface area (Å²) in [6, 6.07) is 7.04. The molecule has 3 rings (SSSR count). The Morgan fingerprint density at radius 2 is 1.92 bits per heavy atom. The minimum Gasteiger partial charge on any atom is -0.497 e. The fourth-order valence-corrected chi connectivity index (χ4v) is 3.25. The summed E-state index contributed by atoms with van der Waals surface area (Å²) in [5.74, 6) is 0.629. The van der Waals surface area contributed by atoms with Crippen molar-refractivity contribution in [2.45, 2.75) is 12.8 Å². The second kappa shape index (κ2) is 7.98. The van der Waals surface area contributed by atoms with Crippen LogP contribution in [-0.2, 0) is 4.79 Å². The van der Waals surface area contributed by atoms with Gasteiger partial charge in [0.2, 0.25) is 5.91 Å². The third-order valence-electron chi connectivity index (χ3n) is 4.16. The summed E-state index contributed by atoms with van der Waals surface area (Å²) in [4.78, 5) is 30.3. The highest BCUT2D eigenvalue weighted by molar-refractivity contribution is 7.13. The average molecular weight is 360 g/mol. The first kappa shape index (κ1) is 17.2. The summed E-state index contributed by atoms with van der Waals surface area (Å²) in [7, 11) is 1.60. The van der Waals surface area contributed by atoms with E-state index < -0.39 is 0 Å². The number of benzene rings is 1. The summed E-state index contributed by atoms with van der Waals surface area (Å²) >= 11 is 1.40. The maximum atomic E-state index is 12.3. The quantitative estimate of drug-likeness (QED) is 0.878. The molecule has 1 saturated heterocycles. The fraction of sp³-hybridized carbons (Fsp3) is 0.353. The smallest absolute Gasteiger partial charge is 0.321 e. The molecule has 1 aromatic heterocycles. The van der Waals surface area contributed by atoms with Crippen LogP contribution in [0, 0.1) is 5.92 Å². The summed E-state index contributed by atoms with van der Waals surface area (Å²) < 4.78 is 5.10. The van der Waals surface area contributed by atoms with Gasteiger partial charge in [-0.05, 0) is 37.1 Å². The number of thiazole rings is 1. The topological polar surface area (TPSA) is 83.6 Å². The minimum atomic E-state index is -0.149. The molecular formula is C17H20N4O3S. The van der Waals surface area contributed by atoms with E-state index in [1.54, 1.807) is 42.5 Å². The highest BCUT2D eigenvalue weighted by Crippen LogP contribution is 2.21. The first-order valence-electron chi connectivity index (χ1n) is 8.06. The Balaban J connectivity index is 1.47. The maximum absolute atomic E-state index is 12.3. The van der Waals surface area contributed by atoms with Crippen molar-refractivity contribution in [1.29, 1.82) is 0 Å². The number of carbonyl (C=O) groups is 2. The Bertz CT molecular complexity index is 710. The van der Waals surface area contributed by atoms with Crippen molar-refractivity contribution in [3.8, 4) is 5.75 Å². The van der Waals surface area contributed by atoms with Gasteiger partial charge in [0.15, 0.2) is 5.13 Å². The van der Waals surface area contributed by atoms with Gasteiger partial charge < -0.3 is 20.3 Å². The van der Waals surface area contributed by atoms with Gasteiger partial charge in [-0.15, -0.1) is 11.3 Å². The highest BCUT2D eigenvalue weighted by atomic mass is 32.1. The van der Waals surface area contributed by atoms with Crippen molar-refractivity contribution in [2.75, 3.05) is 30.8 Å². The number of hydrogen-bond donors (Lipinski definition) is 2. The number of anilines is 2. The molecule has 0 aliphatic carbocycles. The van der Waals surface area contributed by atoms with E-state index >= 15 is 0 Å². The number of urea groups is 1. The Labute approximate surface area is 150 Å². The highest BCUT2D eigenvalue weighted by Gasteiger charge is 2.27. The van der Waals surface area contributed by atoms with E-state index in [2.05, 4.69) is 15.6 Å². The number of carbonyl (C=O) groups excluding carboxylic acids is 2. The standard InChI is InChI=1S/C17H20N4O3S/c1-24-14-4-2-13(3-5-14)19-17(23)21-9-6-12(7-10-21)15(22)20-16-18-8-11-25-16/h2-5,8,11-12H,6-7,9-10H2,1H3,(H,19,23)(H,18,20,22). The molecule has 7 nitrogen and oxygen atoms in total. The lowest BCUT2D eigenvalue weighted by Crippen LogP contribution is -2.43. The number of ether oxygens (including phenoxy) is 1. The Morgan fingerprint density at radius 1 is 1.20 bits per heavy atom. The van der Waals surface area contributed by atoms with Gasteiger partial charge in [-0.3, -0.25) is 4.79 Å². The van der Waals surface area contributed by atoms with Gasteiger partial charge in [-0.1, -0.05) is 0 Å². The van der Waals surface area contributed by atoms with Gasteiger partial charge in [-0.2, -0.15) is 0 Å². The van der Waals surface area contributed by atoms with Crippen molar-refractivity contribution in [1.82, 2.24) is 9.88 Å². The number of hydrogen-bond acceptors (Lipinski definition) is 5. The van der Waals surface area contributed by atoms with E-state index in [-0.39, 0.29) is 17.9 Å². The summed E-state index contributed by atoms with van der Waals surface area (Å²) in [6.45, 7) is 1.11. The Kier molecular flexibility index (Phi) is 5.49. The van der Waals surface area contributed by atoms with Crippen molar-refractivity contribution >= 4 is 34.1 Å². The zero-order chi connectivity index (χ0) is 17.6. The van der Waals surface area contributed by atoms with Gasteiger partial charge in [0.25, 0.3) is 0 Å². The van der Waals surface area contributed by atoms with E-state index in [0.29, 0.717) is 31.1 Å². The number of aromatic nitrogens is 1. The number of nitrogens with zero attached hydrogens (tertiary/aromatic N) is 2. The lowest BCUT2D eigenvalue weighted by atomic mass is 9.96. The van der Waals surface area contributed by atoms with Gasteiger partial charge in [0, 0.05) is 36.3 Å². The van der Waals surface area contributed by atoms with Crippen molar-refractivity contribution in [3.63, 3.8) is 0 Å². The van der Waals surface area contributed by atoms with Crippen LogP contribution < -0.4 is 15.4 Å². The summed E-state index contributed by atoms with van der Waals surface area (Å²) in [6.07, 6.45) is 2.95. The maximum Gasteiger partial charge on any atom is 0.321 e. The zero-order valence-corrected chi connectivity index (χ0v) is 14.7. The molecule has 0 bridgehead atoms. The molecular weight excluding hydrogens is 340 g/mol. The zero-order valence-electron chi connectivity index (χ0n) is 13.9. The minimum absolute atomic E-state index is 0.0230. The van der Waals surface area contributed by atoms with Gasteiger partial charge >= 0.3 is 6.03 Å². The Morgan fingerprint density at radius 3 is 2.52 bits per heavy atom. The lowest BCUT2D eigenvalue weighted by molar-refractivity contribution is -0.121. The van der Waals surface area contributed by atoms with Crippen LogP contribution in [0.4, 0.5) is 15.6 Å². The van der Waals surface area contributed by atoms with Crippen LogP contribution in [-0.4, -0.2) is 42.0 Å². The number of nitrogens with one attached hydrogen (secondary N) is 2. The normalized spacial score (nSPS) is 14.8. The molecule has 0 atom stereocenters. The number of piperidine rings is 1. The van der Waals surface area contributed by atoms with E-state index in [1.165, 1.54) is 11.3 Å². The second-order valence-corrected chi connectivity index (χ2v) is 6.64. The molecule has 0 unspecified atom stereocenters. The first-order chi connectivity index (χ1) is 12.2. The molecule has 0 radical (unpaired) electrons. The predicted octanol–water partition coefficient (Wildman–Crippen LogP) is 3.03. The van der Waals surface area contributed by atoms with Crippen molar-refractivity contribution in [3.05, 3.63) is 35.8 Å². The van der Waals surface area contributed by atoms with E-state index in [9.17, 15) is 9.59 Å². The lowest BCUT2D eigenvalue weighted by Gasteiger charge is -2.31. The molecule has 2 N–H and O–H groups in total. The molecule has 2 heterocycles. The molecule has 1 fully saturated rings. The van der Waals surface area contributed by atoms with Gasteiger partial charge in [0.05, 0.1) is 7.11 Å². The molecule has 25 heavy (non-hydrogen) atoms. The molecule has 0 saturated carbocycles. The van der Waals surface area contributed by atoms with Crippen LogP contribution >= 0.6 is 11.3 Å². The van der Waals surface area contributed by atoms with Crippen LogP contribution in [0.15, 0.2) is 35.8 Å². The summed E-state index contributed by atoms with van der Waals surface area (Å²) in [5, 5.41) is 8.13. The molecule has 132 valence electrons. The van der Waals surface area contributed by atoms with Crippen LogP contribution in [0.2, 0.25) is 0 Å². The van der Waals surface area contributed by atoms with E-state index in [0.717, 1.165) is 11.4 Å². The van der Waals surface area contributed by atoms with E-state index in [4.69, 9.17) is 4.74 Å². The monoisotopic (exact) mass is 360 g/mol. The molecule has 8 heteroatoms. The molecule has 2 aromatic rings. The largest absolute Gasteiger partial charge is 0.497 e. The third-order valence-corrected chi connectivity index (χ3v) is 4.85. The van der Waals surface area contributed by atoms with Gasteiger partial charge in [-0.25, -0.2) is 9.78 Å². The third kappa shape index (κ3) is 4.48. The summed E-state index contributed by atoms with van der Waals surface area (Å²) in [5.41, 5.74) is 0.717. The number of likely N-dealkylation sites (tertiary alicyclic amines) is 1. The van der Waals surface area contributed by atoms with Gasteiger partial charge in [0.1, 0.15) is 5.75 Å². The van der Waals surface area contributed by atoms with Crippen LogP contribution in [0.1, 0.15) is 12.8 Å².